The number of halogens is 1. The van der Waals surface area contributed by atoms with Gasteiger partial charge in [-0.2, -0.15) is 0 Å². The minimum absolute atomic E-state index is 0.294. The summed E-state index contributed by atoms with van der Waals surface area (Å²) in [6.07, 6.45) is 1.05. The zero-order valence-corrected chi connectivity index (χ0v) is 9.80. The highest BCUT2D eigenvalue weighted by atomic mass is 79.9. The minimum atomic E-state index is -0.469. The summed E-state index contributed by atoms with van der Waals surface area (Å²) in [4.78, 5) is 11.5. The Hall–Kier alpha value is -1.36. The van der Waals surface area contributed by atoms with E-state index in [9.17, 15) is 4.79 Å². The molecule has 0 aliphatic heterocycles. The first-order valence-electron chi connectivity index (χ1n) is 4.36. The highest BCUT2D eigenvalue weighted by Gasteiger charge is 2.14. The lowest BCUT2D eigenvalue weighted by atomic mass is 10.1. The van der Waals surface area contributed by atoms with E-state index < -0.39 is 5.97 Å². The van der Waals surface area contributed by atoms with Gasteiger partial charge in [-0.05, 0) is 19.1 Å². The molecule has 1 aromatic rings. The highest BCUT2D eigenvalue weighted by Crippen LogP contribution is 2.22. The molecule has 0 spiro atoms. The molecular weight excluding hydrogens is 260 g/mol. The molecule has 0 fully saturated rings. The van der Waals surface area contributed by atoms with Crippen molar-refractivity contribution >= 4 is 33.8 Å². The normalized spacial score (nSPS) is 9.73. The SMILES string of the molecule is CCOC(=O)c1cc(Br)cc(N)c1C=N. The van der Waals surface area contributed by atoms with Crippen LogP contribution in [0.25, 0.3) is 0 Å². The third-order valence-corrected chi connectivity index (χ3v) is 2.27. The van der Waals surface area contributed by atoms with Crippen molar-refractivity contribution in [1.82, 2.24) is 0 Å². The van der Waals surface area contributed by atoms with Gasteiger partial charge in [0.1, 0.15) is 0 Å². The van der Waals surface area contributed by atoms with Crippen molar-refractivity contribution in [2.24, 2.45) is 0 Å². The molecular formula is C10H11BrN2O2. The van der Waals surface area contributed by atoms with Crippen LogP contribution in [-0.2, 0) is 4.74 Å². The number of hydrogen-bond donors (Lipinski definition) is 2. The first-order chi connectivity index (χ1) is 7.10. The molecule has 0 aliphatic carbocycles. The fourth-order valence-corrected chi connectivity index (χ4v) is 1.65. The van der Waals surface area contributed by atoms with Gasteiger partial charge < -0.3 is 15.9 Å². The number of nitrogen functional groups attached to an aromatic ring is 1. The molecule has 0 bridgehead atoms. The predicted octanol–water partition coefficient (Wildman–Crippen LogP) is 2.21. The fraction of sp³-hybridized carbons (Fsp3) is 0.200. The molecule has 80 valence electrons. The van der Waals surface area contributed by atoms with Gasteiger partial charge in [0, 0.05) is 21.9 Å². The molecule has 0 heterocycles. The average Bonchev–Trinajstić information content (AvgIpc) is 2.17. The summed E-state index contributed by atoms with van der Waals surface area (Å²) in [7, 11) is 0. The molecule has 0 aliphatic rings. The Morgan fingerprint density at radius 2 is 2.33 bits per heavy atom. The summed E-state index contributed by atoms with van der Waals surface area (Å²) in [5, 5.41) is 7.19. The van der Waals surface area contributed by atoms with Crippen molar-refractivity contribution in [3.63, 3.8) is 0 Å². The number of anilines is 1. The smallest absolute Gasteiger partial charge is 0.338 e. The van der Waals surface area contributed by atoms with Gasteiger partial charge in [-0.15, -0.1) is 0 Å². The van der Waals surface area contributed by atoms with Crippen molar-refractivity contribution < 1.29 is 9.53 Å². The molecule has 0 atom stereocenters. The summed E-state index contributed by atoms with van der Waals surface area (Å²) < 4.78 is 5.55. The Kier molecular flexibility index (Phi) is 3.85. The minimum Gasteiger partial charge on any atom is -0.462 e. The van der Waals surface area contributed by atoms with Crippen molar-refractivity contribution in [2.75, 3.05) is 12.3 Å². The van der Waals surface area contributed by atoms with E-state index in [1.165, 1.54) is 0 Å². The fourth-order valence-electron chi connectivity index (χ4n) is 1.18. The van der Waals surface area contributed by atoms with Gasteiger partial charge in [0.05, 0.1) is 12.2 Å². The summed E-state index contributed by atoms with van der Waals surface area (Å²) >= 11 is 3.23. The van der Waals surface area contributed by atoms with E-state index in [0.717, 1.165) is 6.21 Å². The third-order valence-electron chi connectivity index (χ3n) is 1.82. The molecule has 5 heteroatoms. The Morgan fingerprint density at radius 3 is 2.87 bits per heavy atom. The van der Waals surface area contributed by atoms with E-state index in [-0.39, 0.29) is 0 Å². The third kappa shape index (κ3) is 2.56. The first-order valence-corrected chi connectivity index (χ1v) is 5.16. The molecule has 3 N–H and O–H groups in total. The summed E-state index contributed by atoms with van der Waals surface area (Å²) in [6.45, 7) is 2.02. The van der Waals surface area contributed by atoms with Crippen molar-refractivity contribution in [2.45, 2.75) is 6.92 Å². The van der Waals surface area contributed by atoms with Crippen LogP contribution in [0.1, 0.15) is 22.8 Å². The number of benzene rings is 1. The molecule has 1 rings (SSSR count). The van der Waals surface area contributed by atoms with Crippen LogP contribution in [0.3, 0.4) is 0 Å². The van der Waals surface area contributed by atoms with Gasteiger partial charge in [0.15, 0.2) is 0 Å². The Balaban J connectivity index is 3.26. The number of hydrogen-bond acceptors (Lipinski definition) is 4. The van der Waals surface area contributed by atoms with E-state index in [1.807, 2.05) is 0 Å². The van der Waals surface area contributed by atoms with E-state index in [0.29, 0.717) is 27.9 Å². The van der Waals surface area contributed by atoms with Crippen molar-refractivity contribution in [3.05, 3.63) is 27.7 Å². The van der Waals surface area contributed by atoms with Gasteiger partial charge >= 0.3 is 5.97 Å². The maximum Gasteiger partial charge on any atom is 0.338 e. The van der Waals surface area contributed by atoms with Gasteiger partial charge in [-0.3, -0.25) is 0 Å². The highest BCUT2D eigenvalue weighted by molar-refractivity contribution is 9.10. The number of nitrogens with two attached hydrogens (primary N) is 1. The van der Waals surface area contributed by atoms with Crippen LogP contribution in [0.5, 0.6) is 0 Å². The summed E-state index contributed by atoms with van der Waals surface area (Å²) in [5.74, 6) is -0.469. The number of esters is 1. The summed E-state index contributed by atoms with van der Waals surface area (Å²) in [5.41, 5.74) is 6.75. The Labute approximate surface area is 96.1 Å². The van der Waals surface area contributed by atoms with Gasteiger partial charge in [-0.25, -0.2) is 4.79 Å². The number of rotatable bonds is 3. The van der Waals surface area contributed by atoms with Crippen molar-refractivity contribution in [3.8, 4) is 0 Å². The van der Waals surface area contributed by atoms with Gasteiger partial charge in [0.2, 0.25) is 0 Å². The molecule has 4 nitrogen and oxygen atoms in total. The van der Waals surface area contributed by atoms with Crippen LogP contribution in [0.2, 0.25) is 0 Å². The molecule has 0 aromatic heterocycles. The zero-order chi connectivity index (χ0) is 11.4. The number of ether oxygens (including phenoxy) is 1. The van der Waals surface area contributed by atoms with Crippen LogP contribution >= 0.6 is 15.9 Å². The molecule has 0 saturated carbocycles. The summed E-state index contributed by atoms with van der Waals surface area (Å²) in [6, 6.07) is 3.23. The zero-order valence-electron chi connectivity index (χ0n) is 8.21. The van der Waals surface area contributed by atoms with E-state index in [1.54, 1.807) is 19.1 Å². The van der Waals surface area contributed by atoms with E-state index in [2.05, 4.69) is 15.9 Å². The average molecular weight is 271 g/mol. The maximum absolute atomic E-state index is 11.5. The lowest BCUT2D eigenvalue weighted by Gasteiger charge is -2.08. The van der Waals surface area contributed by atoms with Gasteiger partial charge in [-0.1, -0.05) is 15.9 Å². The monoisotopic (exact) mass is 270 g/mol. The second kappa shape index (κ2) is 4.93. The Bertz CT molecular complexity index is 405. The topological polar surface area (TPSA) is 76.2 Å². The first kappa shape index (κ1) is 11.7. The molecule has 0 saturated heterocycles. The number of nitrogens with one attached hydrogen (secondary N) is 1. The number of carbonyl (C=O) groups excluding carboxylic acids is 1. The number of carbonyl (C=O) groups is 1. The quantitative estimate of drug-likeness (QED) is 0.502. The molecule has 0 amide bonds. The molecule has 0 unspecified atom stereocenters. The predicted molar refractivity (Wildman–Crippen MR) is 62.4 cm³/mol. The van der Waals surface area contributed by atoms with Gasteiger partial charge in [0.25, 0.3) is 0 Å². The van der Waals surface area contributed by atoms with Crippen LogP contribution < -0.4 is 5.73 Å². The standard InChI is InChI=1S/C10H11BrN2O2/c1-2-15-10(14)7-3-6(11)4-9(13)8(7)5-12/h3-5,12H,2,13H2,1H3. The largest absolute Gasteiger partial charge is 0.462 e. The maximum atomic E-state index is 11.5. The van der Waals surface area contributed by atoms with Crippen LogP contribution in [0.15, 0.2) is 16.6 Å². The second-order valence-electron chi connectivity index (χ2n) is 2.82. The molecule has 1 aromatic carbocycles. The van der Waals surface area contributed by atoms with E-state index >= 15 is 0 Å². The van der Waals surface area contributed by atoms with Crippen molar-refractivity contribution in [1.29, 1.82) is 5.41 Å². The lowest BCUT2D eigenvalue weighted by molar-refractivity contribution is 0.0526. The van der Waals surface area contributed by atoms with E-state index in [4.69, 9.17) is 15.9 Å². The van der Waals surface area contributed by atoms with Crippen LogP contribution in [-0.4, -0.2) is 18.8 Å². The van der Waals surface area contributed by atoms with Crippen LogP contribution in [0.4, 0.5) is 5.69 Å². The Morgan fingerprint density at radius 1 is 1.67 bits per heavy atom. The van der Waals surface area contributed by atoms with Crippen LogP contribution in [0, 0.1) is 5.41 Å². The lowest BCUT2D eigenvalue weighted by Crippen LogP contribution is -2.10. The molecule has 0 radical (unpaired) electrons. The second-order valence-corrected chi connectivity index (χ2v) is 3.74. The molecule has 15 heavy (non-hydrogen) atoms.